The first-order valence-electron chi connectivity index (χ1n) is 7.96. The van der Waals surface area contributed by atoms with E-state index in [0.29, 0.717) is 18.1 Å². The van der Waals surface area contributed by atoms with Gasteiger partial charge in [0.2, 0.25) is 0 Å². The van der Waals surface area contributed by atoms with Crippen molar-refractivity contribution in [2.45, 2.75) is 72.0 Å². The Morgan fingerprint density at radius 3 is 2.55 bits per heavy atom. The van der Waals surface area contributed by atoms with E-state index in [1.165, 1.54) is 16.7 Å². The molecule has 0 bridgehead atoms. The van der Waals surface area contributed by atoms with Crippen molar-refractivity contribution < 1.29 is 9.47 Å². The maximum absolute atomic E-state index is 6.01. The highest BCUT2D eigenvalue weighted by Gasteiger charge is 2.38. The van der Waals surface area contributed by atoms with Gasteiger partial charge < -0.3 is 9.47 Å². The number of benzene rings is 1. The van der Waals surface area contributed by atoms with Crippen LogP contribution in [0.15, 0.2) is 12.1 Å². The van der Waals surface area contributed by atoms with Crippen LogP contribution < -0.4 is 4.74 Å². The van der Waals surface area contributed by atoms with Crippen molar-refractivity contribution in [2.24, 2.45) is 0 Å². The molecule has 0 amide bonds. The summed E-state index contributed by atoms with van der Waals surface area (Å²) in [6.45, 7) is 11.7. The predicted octanol–water partition coefficient (Wildman–Crippen LogP) is 4.76. The van der Waals surface area contributed by atoms with Crippen molar-refractivity contribution >= 4 is 0 Å². The van der Waals surface area contributed by atoms with Gasteiger partial charge in [0.15, 0.2) is 0 Å². The van der Waals surface area contributed by atoms with Crippen molar-refractivity contribution in [2.75, 3.05) is 6.61 Å². The minimum absolute atomic E-state index is 0.454. The topological polar surface area (TPSA) is 21.8 Å². The summed E-state index contributed by atoms with van der Waals surface area (Å²) in [6.07, 6.45) is 4.22. The molecule has 1 aromatic carbocycles. The van der Waals surface area contributed by atoms with Gasteiger partial charge in [-0.25, -0.2) is 0 Å². The quantitative estimate of drug-likeness (QED) is 0.669. The number of rotatable bonds is 7. The highest BCUT2D eigenvalue weighted by Crippen LogP contribution is 2.39. The van der Waals surface area contributed by atoms with E-state index in [2.05, 4.69) is 46.8 Å². The average Bonchev–Trinajstić information content (AvgIpc) is 3.15. The minimum atomic E-state index is 0.454. The third-order valence-corrected chi connectivity index (χ3v) is 4.11. The molecule has 1 heterocycles. The van der Waals surface area contributed by atoms with Gasteiger partial charge in [-0.2, -0.15) is 0 Å². The van der Waals surface area contributed by atoms with Gasteiger partial charge in [0.1, 0.15) is 5.75 Å². The van der Waals surface area contributed by atoms with E-state index in [1.807, 2.05) is 0 Å². The van der Waals surface area contributed by atoms with E-state index in [-0.39, 0.29) is 0 Å². The third kappa shape index (κ3) is 3.54. The van der Waals surface area contributed by atoms with Crippen molar-refractivity contribution in [3.63, 3.8) is 0 Å². The first-order valence-corrected chi connectivity index (χ1v) is 7.96. The Morgan fingerprint density at radius 2 is 1.95 bits per heavy atom. The summed E-state index contributed by atoms with van der Waals surface area (Å²) in [5.41, 5.74) is 3.92. The number of ether oxygens (including phenoxy) is 2. The second kappa shape index (κ2) is 6.62. The van der Waals surface area contributed by atoms with Crippen LogP contribution in [0.3, 0.4) is 0 Å². The summed E-state index contributed by atoms with van der Waals surface area (Å²) < 4.78 is 11.7. The molecule has 2 heteroatoms. The maximum atomic E-state index is 6.01. The molecule has 0 aromatic heterocycles. The summed E-state index contributed by atoms with van der Waals surface area (Å²) in [5, 5.41) is 0. The summed E-state index contributed by atoms with van der Waals surface area (Å²) in [4.78, 5) is 0. The van der Waals surface area contributed by atoms with Gasteiger partial charge in [0.25, 0.3) is 0 Å². The zero-order valence-corrected chi connectivity index (χ0v) is 13.5. The minimum Gasteiger partial charge on any atom is -0.493 e. The maximum Gasteiger partial charge on any atom is 0.125 e. The molecule has 0 aliphatic carbocycles. The second-order valence-electron chi connectivity index (χ2n) is 6.11. The lowest BCUT2D eigenvalue weighted by Gasteiger charge is -2.19. The molecule has 1 aliphatic rings. The van der Waals surface area contributed by atoms with Gasteiger partial charge in [0.05, 0.1) is 18.8 Å². The summed E-state index contributed by atoms with van der Waals surface area (Å²) in [6, 6.07) is 4.50. The predicted molar refractivity (Wildman–Crippen MR) is 83.7 cm³/mol. The highest BCUT2D eigenvalue weighted by atomic mass is 16.6. The van der Waals surface area contributed by atoms with E-state index in [1.54, 1.807) is 0 Å². The van der Waals surface area contributed by atoms with Crippen LogP contribution in [0.4, 0.5) is 0 Å². The molecular weight excluding hydrogens is 248 g/mol. The zero-order valence-electron chi connectivity index (χ0n) is 13.5. The second-order valence-corrected chi connectivity index (χ2v) is 6.11. The Labute approximate surface area is 123 Å². The molecule has 0 saturated carbocycles. The van der Waals surface area contributed by atoms with Crippen LogP contribution in [0.25, 0.3) is 0 Å². The Hall–Kier alpha value is -1.02. The van der Waals surface area contributed by atoms with E-state index in [4.69, 9.17) is 9.47 Å². The molecule has 0 N–H and O–H groups in total. The van der Waals surface area contributed by atoms with E-state index < -0.39 is 0 Å². The molecule has 2 rings (SSSR count). The SMILES string of the molecule is CCCOc1c(C)cc(C)cc1C(C)CC1OC1CC. The fraction of sp³-hybridized carbons (Fsp3) is 0.667. The summed E-state index contributed by atoms with van der Waals surface area (Å²) in [7, 11) is 0. The Kier molecular flexibility index (Phi) is 5.09. The van der Waals surface area contributed by atoms with Crippen LogP contribution in [-0.2, 0) is 4.74 Å². The van der Waals surface area contributed by atoms with Crippen molar-refractivity contribution in [3.05, 3.63) is 28.8 Å². The number of hydrogen-bond acceptors (Lipinski definition) is 2. The van der Waals surface area contributed by atoms with Crippen LogP contribution >= 0.6 is 0 Å². The van der Waals surface area contributed by atoms with E-state index in [9.17, 15) is 0 Å². The van der Waals surface area contributed by atoms with Gasteiger partial charge >= 0.3 is 0 Å². The van der Waals surface area contributed by atoms with Gasteiger partial charge in [-0.1, -0.05) is 38.5 Å². The lowest BCUT2D eigenvalue weighted by Crippen LogP contribution is -2.07. The fourth-order valence-corrected chi connectivity index (χ4v) is 2.98. The lowest BCUT2D eigenvalue weighted by atomic mass is 9.91. The molecule has 1 saturated heterocycles. The standard InChI is InChI=1S/C18H28O2/c1-6-8-19-18-14(5)9-12(3)10-15(18)13(4)11-17-16(7-2)20-17/h9-10,13,16-17H,6-8,11H2,1-5H3. The van der Waals surface area contributed by atoms with Crippen LogP contribution in [0.2, 0.25) is 0 Å². The summed E-state index contributed by atoms with van der Waals surface area (Å²) in [5.74, 6) is 1.58. The third-order valence-electron chi connectivity index (χ3n) is 4.11. The van der Waals surface area contributed by atoms with E-state index >= 15 is 0 Å². The molecule has 1 aliphatic heterocycles. The Morgan fingerprint density at radius 1 is 1.20 bits per heavy atom. The fourth-order valence-electron chi connectivity index (χ4n) is 2.98. The van der Waals surface area contributed by atoms with Crippen molar-refractivity contribution in [3.8, 4) is 5.75 Å². The van der Waals surface area contributed by atoms with Crippen LogP contribution in [-0.4, -0.2) is 18.8 Å². The molecule has 1 fully saturated rings. The Bertz CT molecular complexity index is 453. The molecule has 112 valence electrons. The zero-order chi connectivity index (χ0) is 14.7. The molecule has 3 atom stereocenters. The highest BCUT2D eigenvalue weighted by molar-refractivity contribution is 5.45. The van der Waals surface area contributed by atoms with Crippen LogP contribution in [0, 0.1) is 13.8 Å². The number of aryl methyl sites for hydroxylation is 2. The number of epoxide rings is 1. The lowest BCUT2D eigenvalue weighted by molar-refractivity contribution is 0.307. The molecule has 3 unspecified atom stereocenters. The van der Waals surface area contributed by atoms with Gasteiger partial charge in [0, 0.05) is 0 Å². The molecular formula is C18H28O2. The smallest absolute Gasteiger partial charge is 0.125 e. The largest absolute Gasteiger partial charge is 0.493 e. The van der Waals surface area contributed by atoms with Gasteiger partial charge in [-0.3, -0.25) is 0 Å². The molecule has 1 aromatic rings. The van der Waals surface area contributed by atoms with Gasteiger partial charge in [-0.05, 0) is 50.2 Å². The molecule has 20 heavy (non-hydrogen) atoms. The monoisotopic (exact) mass is 276 g/mol. The molecule has 0 spiro atoms. The van der Waals surface area contributed by atoms with Crippen LogP contribution in [0.5, 0.6) is 5.75 Å². The van der Waals surface area contributed by atoms with Crippen LogP contribution in [0.1, 0.15) is 62.6 Å². The molecule has 0 radical (unpaired) electrons. The molecule has 2 nitrogen and oxygen atoms in total. The average molecular weight is 276 g/mol. The normalized spacial score (nSPS) is 22.6. The summed E-state index contributed by atoms with van der Waals surface area (Å²) >= 11 is 0. The first kappa shape index (κ1) is 15.4. The first-order chi connectivity index (χ1) is 9.56. The van der Waals surface area contributed by atoms with Crippen molar-refractivity contribution in [1.82, 2.24) is 0 Å². The van der Waals surface area contributed by atoms with E-state index in [0.717, 1.165) is 31.6 Å². The number of hydrogen-bond donors (Lipinski definition) is 0. The van der Waals surface area contributed by atoms with Crippen molar-refractivity contribution in [1.29, 1.82) is 0 Å². The van der Waals surface area contributed by atoms with Gasteiger partial charge in [-0.15, -0.1) is 0 Å². The Balaban J connectivity index is 2.15.